The summed E-state index contributed by atoms with van der Waals surface area (Å²) in [6, 6.07) is 23.6. The van der Waals surface area contributed by atoms with E-state index in [1.165, 1.54) is 6.07 Å². The Morgan fingerprint density at radius 3 is 1.86 bits per heavy atom. The van der Waals surface area contributed by atoms with Gasteiger partial charge in [0.05, 0.1) is 6.04 Å². The van der Waals surface area contributed by atoms with Crippen molar-refractivity contribution in [2.45, 2.75) is 12.1 Å². The van der Waals surface area contributed by atoms with Crippen LogP contribution < -0.4 is 5.56 Å². The molecule has 0 saturated carbocycles. The zero-order valence-corrected chi connectivity index (χ0v) is 12.0. The lowest BCUT2D eigenvalue weighted by Gasteiger charge is -2.26. The van der Waals surface area contributed by atoms with Crippen LogP contribution in [0.1, 0.15) is 23.3 Å². The molecule has 2 aromatic carbocycles. The third-order valence-electron chi connectivity index (χ3n) is 3.73. The van der Waals surface area contributed by atoms with Gasteiger partial charge in [0, 0.05) is 12.3 Å². The van der Waals surface area contributed by atoms with Gasteiger partial charge in [-0.1, -0.05) is 66.7 Å². The number of aromatic nitrogens is 1. The Labute approximate surface area is 129 Å². The van der Waals surface area contributed by atoms with Gasteiger partial charge in [0.15, 0.2) is 0 Å². The summed E-state index contributed by atoms with van der Waals surface area (Å²) in [7, 11) is 0. The Kier molecular flexibility index (Phi) is 4.17. The molecule has 0 radical (unpaired) electrons. The Morgan fingerprint density at radius 1 is 0.727 bits per heavy atom. The molecule has 0 saturated heterocycles. The molecular weight excluding hydrogens is 274 g/mol. The highest BCUT2D eigenvalue weighted by Crippen LogP contribution is 2.31. The van der Waals surface area contributed by atoms with Crippen molar-refractivity contribution in [2.75, 3.05) is 0 Å². The molecule has 2 atom stereocenters. The van der Waals surface area contributed by atoms with E-state index in [-0.39, 0.29) is 5.56 Å². The number of nitrogens with zero attached hydrogens (tertiary/aromatic N) is 1. The molecule has 0 aliphatic rings. The molecule has 3 heteroatoms. The Morgan fingerprint density at radius 2 is 1.27 bits per heavy atom. The fourth-order valence-electron chi connectivity index (χ4n) is 2.65. The van der Waals surface area contributed by atoms with Gasteiger partial charge in [0.25, 0.3) is 5.56 Å². The van der Waals surface area contributed by atoms with Gasteiger partial charge in [-0.3, -0.25) is 4.79 Å². The number of benzene rings is 2. The van der Waals surface area contributed by atoms with Crippen LogP contribution in [-0.2, 0) is 0 Å². The Balaban J connectivity index is 2.12. The fraction of sp³-hybridized carbons (Fsp3) is 0.105. The van der Waals surface area contributed by atoms with E-state index in [1.54, 1.807) is 22.9 Å². The summed E-state index contributed by atoms with van der Waals surface area (Å²) >= 11 is 0. The van der Waals surface area contributed by atoms with Gasteiger partial charge in [-0.2, -0.15) is 0 Å². The molecule has 1 N–H and O–H groups in total. The number of pyridine rings is 1. The van der Waals surface area contributed by atoms with Crippen molar-refractivity contribution in [3.8, 4) is 0 Å². The fourth-order valence-corrected chi connectivity index (χ4v) is 2.65. The van der Waals surface area contributed by atoms with E-state index >= 15 is 0 Å². The van der Waals surface area contributed by atoms with Crippen molar-refractivity contribution in [3.63, 3.8) is 0 Å². The minimum absolute atomic E-state index is 0.133. The molecule has 0 spiro atoms. The standard InChI is InChI=1S/C19H17NO2/c21-17-13-7-8-14-20(17)18(15-9-3-1-4-10-15)19(22)16-11-5-2-6-12-16/h1-14,18-19,22H/t18-,19-/m0/s1. The van der Waals surface area contributed by atoms with Crippen LogP contribution in [0.15, 0.2) is 89.9 Å². The molecule has 3 nitrogen and oxygen atoms in total. The molecule has 0 aliphatic carbocycles. The number of aliphatic hydroxyl groups is 1. The number of rotatable bonds is 4. The van der Waals surface area contributed by atoms with Crippen LogP contribution in [0.5, 0.6) is 0 Å². The second-order valence-corrected chi connectivity index (χ2v) is 5.16. The highest BCUT2D eigenvalue weighted by molar-refractivity contribution is 5.27. The van der Waals surface area contributed by atoms with Crippen molar-refractivity contribution in [2.24, 2.45) is 0 Å². The first-order valence-electron chi connectivity index (χ1n) is 7.22. The number of hydrogen-bond donors (Lipinski definition) is 1. The number of hydrogen-bond acceptors (Lipinski definition) is 2. The van der Waals surface area contributed by atoms with Crippen LogP contribution in [0, 0.1) is 0 Å². The first kappa shape index (κ1) is 14.3. The molecule has 0 bridgehead atoms. The molecule has 0 amide bonds. The summed E-state index contributed by atoms with van der Waals surface area (Å²) in [6.45, 7) is 0. The maximum atomic E-state index is 12.2. The molecule has 22 heavy (non-hydrogen) atoms. The van der Waals surface area contributed by atoms with Crippen LogP contribution in [0.3, 0.4) is 0 Å². The summed E-state index contributed by atoms with van der Waals surface area (Å²) in [5.74, 6) is 0. The average molecular weight is 291 g/mol. The van der Waals surface area contributed by atoms with E-state index in [4.69, 9.17) is 0 Å². The van der Waals surface area contributed by atoms with Crippen molar-refractivity contribution in [1.29, 1.82) is 0 Å². The maximum Gasteiger partial charge on any atom is 0.251 e. The maximum absolute atomic E-state index is 12.2. The van der Waals surface area contributed by atoms with E-state index in [2.05, 4.69) is 0 Å². The van der Waals surface area contributed by atoms with Gasteiger partial charge in [0.1, 0.15) is 6.10 Å². The van der Waals surface area contributed by atoms with Crippen LogP contribution in [0.4, 0.5) is 0 Å². The van der Waals surface area contributed by atoms with Crippen molar-refractivity contribution < 1.29 is 5.11 Å². The predicted molar refractivity (Wildman–Crippen MR) is 86.7 cm³/mol. The smallest absolute Gasteiger partial charge is 0.251 e. The van der Waals surface area contributed by atoms with Crippen LogP contribution in [0.25, 0.3) is 0 Å². The van der Waals surface area contributed by atoms with Gasteiger partial charge in [0.2, 0.25) is 0 Å². The first-order valence-corrected chi connectivity index (χ1v) is 7.22. The highest BCUT2D eigenvalue weighted by atomic mass is 16.3. The van der Waals surface area contributed by atoms with Gasteiger partial charge < -0.3 is 9.67 Å². The largest absolute Gasteiger partial charge is 0.386 e. The summed E-state index contributed by atoms with van der Waals surface area (Å²) < 4.78 is 1.58. The molecular formula is C19H17NO2. The van der Waals surface area contributed by atoms with E-state index in [1.807, 2.05) is 60.7 Å². The van der Waals surface area contributed by atoms with Crippen molar-refractivity contribution in [1.82, 2.24) is 4.57 Å². The van der Waals surface area contributed by atoms with Crippen molar-refractivity contribution >= 4 is 0 Å². The summed E-state index contributed by atoms with van der Waals surface area (Å²) in [5.41, 5.74) is 1.55. The topological polar surface area (TPSA) is 42.2 Å². The van der Waals surface area contributed by atoms with Gasteiger partial charge >= 0.3 is 0 Å². The highest BCUT2D eigenvalue weighted by Gasteiger charge is 2.24. The van der Waals surface area contributed by atoms with Gasteiger partial charge in [-0.25, -0.2) is 0 Å². The monoisotopic (exact) mass is 291 g/mol. The minimum Gasteiger partial charge on any atom is -0.386 e. The Bertz CT molecular complexity index is 781. The molecule has 0 fully saturated rings. The van der Waals surface area contributed by atoms with Gasteiger partial charge in [-0.05, 0) is 17.2 Å². The Hall–Kier alpha value is -2.65. The van der Waals surface area contributed by atoms with E-state index in [9.17, 15) is 9.90 Å². The van der Waals surface area contributed by atoms with Crippen LogP contribution >= 0.6 is 0 Å². The molecule has 110 valence electrons. The third-order valence-corrected chi connectivity index (χ3v) is 3.73. The molecule has 1 heterocycles. The van der Waals surface area contributed by atoms with Gasteiger partial charge in [-0.15, -0.1) is 0 Å². The molecule has 3 aromatic rings. The summed E-state index contributed by atoms with van der Waals surface area (Å²) in [6.07, 6.45) is 0.912. The van der Waals surface area contributed by atoms with Crippen LogP contribution in [-0.4, -0.2) is 9.67 Å². The summed E-state index contributed by atoms with van der Waals surface area (Å²) in [4.78, 5) is 12.2. The number of aliphatic hydroxyl groups excluding tert-OH is 1. The lowest BCUT2D eigenvalue weighted by Crippen LogP contribution is -2.28. The molecule has 0 aliphatic heterocycles. The predicted octanol–water partition coefficient (Wildman–Crippen LogP) is 3.17. The zero-order valence-electron chi connectivity index (χ0n) is 12.0. The second kappa shape index (κ2) is 6.41. The van der Waals surface area contributed by atoms with E-state index in [0.717, 1.165) is 11.1 Å². The van der Waals surface area contributed by atoms with E-state index in [0.29, 0.717) is 0 Å². The lowest BCUT2D eigenvalue weighted by molar-refractivity contribution is 0.130. The normalized spacial score (nSPS) is 13.5. The van der Waals surface area contributed by atoms with E-state index < -0.39 is 12.1 Å². The molecule has 0 unspecified atom stereocenters. The molecule has 3 rings (SSSR count). The molecule has 1 aromatic heterocycles. The lowest BCUT2D eigenvalue weighted by atomic mass is 9.95. The zero-order chi connectivity index (χ0) is 15.4. The first-order chi connectivity index (χ1) is 10.8. The third kappa shape index (κ3) is 2.85. The van der Waals surface area contributed by atoms with Crippen molar-refractivity contribution in [3.05, 3.63) is 107 Å². The second-order valence-electron chi connectivity index (χ2n) is 5.16. The quantitative estimate of drug-likeness (QED) is 0.802. The average Bonchev–Trinajstić information content (AvgIpc) is 2.58. The summed E-state index contributed by atoms with van der Waals surface area (Å²) in [5, 5.41) is 10.9. The van der Waals surface area contributed by atoms with Crippen LogP contribution in [0.2, 0.25) is 0 Å². The SMILES string of the molecule is O=c1ccccn1[C@@H](c1ccccc1)[C@@H](O)c1ccccc1. The minimum atomic E-state index is -0.802.